The van der Waals surface area contributed by atoms with E-state index in [-0.39, 0.29) is 6.20 Å². The molecule has 0 amide bonds. The van der Waals surface area contributed by atoms with Crippen LogP contribution in [0.5, 0.6) is 5.75 Å². The van der Waals surface area contributed by atoms with Crippen LogP contribution < -0.4 is 4.74 Å². The van der Waals surface area contributed by atoms with Crippen molar-refractivity contribution in [2.24, 2.45) is 0 Å². The molecule has 1 rings (SSSR count). The number of aryl methyl sites for hydroxylation is 1. The Hall–Kier alpha value is -2.07. The van der Waals surface area contributed by atoms with Gasteiger partial charge in [0, 0.05) is 0 Å². The second kappa shape index (κ2) is 4.55. The third kappa shape index (κ3) is 3.45. The van der Waals surface area contributed by atoms with Crippen LogP contribution in [0.1, 0.15) is 11.3 Å². The highest BCUT2D eigenvalue weighted by atomic mass is 19.4. The summed E-state index contributed by atoms with van der Waals surface area (Å²) in [5.41, 5.74) is -4.31. The fourth-order valence-electron chi connectivity index (χ4n) is 1.26. The van der Waals surface area contributed by atoms with Gasteiger partial charge in [-0.05, 0) is 6.92 Å². The van der Waals surface area contributed by atoms with E-state index in [1.807, 2.05) is 0 Å². The molecule has 0 spiro atoms. The number of aromatic nitrogens is 1. The molecule has 1 aromatic rings. The Morgan fingerprint density at radius 3 is 2.16 bits per heavy atom. The van der Waals surface area contributed by atoms with Crippen LogP contribution in [0, 0.1) is 17.0 Å². The number of halogens is 6. The summed E-state index contributed by atoms with van der Waals surface area (Å²) in [4.78, 5) is 12.1. The second-order valence-electron chi connectivity index (χ2n) is 3.24. The van der Waals surface area contributed by atoms with Crippen LogP contribution in [-0.2, 0) is 6.18 Å². The van der Waals surface area contributed by atoms with Crippen molar-refractivity contribution in [2.45, 2.75) is 19.5 Å². The van der Waals surface area contributed by atoms with Crippen LogP contribution in [-0.4, -0.2) is 16.3 Å². The minimum Gasteiger partial charge on any atom is -0.398 e. The molecular formula is C8H4F6N2O3. The third-order valence-corrected chi connectivity index (χ3v) is 1.90. The van der Waals surface area contributed by atoms with Gasteiger partial charge < -0.3 is 4.74 Å². The lowest BCUT2D eigenvalue weighted by Crippen LogP contribution is -2.22. The van der Waals surface area contributed by atoms with Crippen molar-refractivity contribution in [1.29, 1.82) is 0 Å². The van der Waals surface area contributed by atoms with Crippen LogP contribution in [0.4, 0.5) is 32.0 Å². The number of pyridine rings is 1. The number of alkyl halides is 6. The molecule has 0 aliphatic rings. The molecule has 1 aromatic heterocycles. The van der Waals surface area contributed by atoms with E-state index in [2.05, 4.69) is 9.72 Å². The Morgan fingerprint density at radius 1 is 1.26 bits per heavy atom. The maximum Gasteiger partial charge on any atom is 0.573 e. The van der Waals surface area contributed by atoms with E-state index in [1.165, 1.54) is 0 Å². The molecule has 0 atom stereocenters. The summed E-state index contributed by atoms with van der Waals surface area (Å²) in [5, 5.41) is 10.4. The lowest BCUT2D eigenvalue weighted by atomic mass is 10.1. The second-order valence-corrected chi connectivity index (χ2v) is 3.24. The van der Waals surface area contributed by atoms with E-state index in [4.69, 9.17) is 0 Å². The average Bonchev–Trinajstić information content (AvgIpc) is 2.11. The monoisotopic (exact) mass is 290 g/mol. The van der Waals surface area contributed by atoms with Crippen molar-refractivity contribution in [3.63, 3.8) is 0 Å². The van der Waals surface area contributed by atoms with Crippen LogP contribution in [0.3, 0.4) is 0 Å². The Labute approximate surface area is 101 Å². The summed E-state index contributed by atoms with van der Waals surface area (Å²) in [5.74, 6) is -1.92. The summed E-state index contributed by atoms with van der Waals surface area (Å²) in [6.45, 7) is 0.760. The number of nitrogens with zero attached hydrogens (tertiary/aromatic N) is 2. The van der Waals surface area contributed by atoms with E-state index in [0.717, 1.165) is 6.92 Å². The summed E-state index contributed by atoms with van der Waals surface area (Å²) >= 11 is 0. The first-order chi connectivity index (χ1) is 8.43. The highest BCUT2D eigenvalue weighted by Gasteiger charge is 2.45. The Morgan fingerprint density at radius 2 is 1.79 bits per heavy atom. The van der Waals surface area contributed by atoms with Crippen molar-refractivity contribution < 1.29 is 36.0 Å². The van der Waals surface area contributed by atoms with Gasteiger partial charge in [-0.3, -0.25) is 15.1 Å². The zero-order chi connectivity index (χ0) is 15.0. The molecule has 106 valence electrons. The van der Waals surface area contributed by atoms with Crippen LogP contribution in [0.25, 0.3) is 0 Å². The number of ether oxygens (including phenoxy) is 1. The molecule has 0 saturated carbocycles. The van der Waals surface area contributed by atoms with E-state index in [0.29, 0.717) is 0 Å². The first-order valence-electron chi connectivity index (χ1n) is 4.40. The van der Waals surface area contributed by atoms with E-state index in [9.17, 15) is 36.5 Å². The highest BCUT2D eigenvalue weighted by Crippen LogP contribution is 2.44. The lowest BCUT2D eigenvalue weighted by Gasteiger charge is -2.16. The lowest BCUT2D eigenvalue weighted by molar-refractivity contribution is -0.389. The zero-order valence-corrected chi connectivity index (χ0v) is 8.96. The minimum absolute atomic E-state index is 0.269. The van der Waals surface area contributed by atoms with Crippen molar-refractivity contribution in [1.82, 2.24) is 4.98 Å². The summed E-state index contributed by atoms with van der Waals surface area (Å²) in [6.07, 6.45) is -10.5. The largest absolute Gasteiger partial charge is 0.573 e. The smallest absolute Gasteiger partial charge is 0.398 e. The molecule has 0 fully saturated rings. The quantitative estimate of drug-likeness (QED) is 0.476. The van der Waals surface area contributed by atoms with Gasteiger partial charge in [0.05, 0.1) is 10.6 Å². The SMILES string of the molecule is Cc1ncc([N+](=O)[O-])c(OC(F)(F)F)c1C(F)(F)F. The molecule has 0 aliphatic heterocycles. The van der Waals surface area contributed by atoms with Crippen molar-refractivity contribution in [3.05, 3.63) is 27.6 Å². The first kappa shape index (κ1) is 15.0. The Kier molecular flexibility index (Phi) is 3.59. The maximum atomic E-state index is 12.6. The molecule has 19 heavy (non-hydrogen) atoms. The molecule has 0 aliphatic carbocycles. The van der Waals surface area contributed by atoms with E-state index in [1.54, 1.807) is 0 Å². The minimum atomic E-state index is -5.50. The van der Waals surface area contributed by atoms with Crippen LogP contribution >= 0.6 is 0 Å². The normalized spacial score (nSPS) is 12.4. The van der Waals surface area contributed by atoms with Gasteiger partial charge in [0.2, 0.25) is 5.75 Å². The van der Waals surface area contributed by atoms with Gasteiger partial charge in [-0.25, -0.2) is 0 Å². The van der Waals surface area contributed by atoms with E-state index >= 15 is 0 Å². The fourth-order valence-corrected chi connectivity index (χ4v) is 1.26. The highest BCUT2D eigenvalue weighted by molar-refractivity contribution is 5.53. The molecule has 0 bridgehead atoms. The Bertz CT molecular complexity index is 510. The van der Waals surface area contributed by atoms with Crippen molar-refractivity contribution >= 4 is 5.69 Å². The number of rotatable bonds is 2. The van der Waals surface area contributed by atoms with Gasteiger partial charge in [0.25, 0.3) is 0 Å². The van der Waals surface area contributed by atoms with Gasteiger partial charge in [-0.1, -0.05) is 0 Å². The summed E-state index contributed by atoms with van der Waals surface area (Å²) < 4.78 is 77.1. The molecule has 11 heteroatoms. The van der Waals surface area contributed by atoms with Gasteiger partial charge in [0.1, 0.15) is 11.8 Å². The predicted molar refractivity (Wildman–Crippen MR) is 47.3 cm³/mol. The molecular weight excluding hydrogens is 286 g/mol. The fraction of sp³-hybridized carbons (Fsp3) is 0.375. The van der Waals surface area contributed by atoms with Crippen molar-refractivity contribution in [2.75, 3.05) is 0 Å². The molecule has 5 nitrogen and oxygen atoms in total. The van der Waals surface area contributed by atoms with Crippen LogP contribution in [0.2, 0.25) is 0 Å². The molecule has 0 N–H and O–H groups in total. The van der Waals surface area contributed by atoms with E-state index < -0.39 is 40.2 Å². The van der Waals surface area contributed by atoms with Crippen molar-refractivity contribution in [3.8, 4) is 5.75 Å². The molecule has 0 saturated heterocycles. The van der Waals surface area contributed by atoms with Gasteiger partial charge in [0.15, 0.2) is 0 Å². The van der Waals surface area contributed by atoms with Gasteiger partial charge >= 0.3 is 18.2 Å². The standard InChI is InChI=1S/C8H4F6N2O3/c1-3-5(7(9,10)11)6(19-8(12,13)14)4(2-15-3)16(17)18/h2H,1H3. The summed E-state index contributed by atoms with van der Waals surface area (Å²) in [7, 11) is 0. The molecule has 0 unspecified atom stereocenters. The number of hydrogen-bond donors (Lipinski definition) is 0. The van der Waals surface area contributed by atoms with Crippen LogP contribution in [0.15, 0.2) is 6.20 Å². The molecule has 0 aromatic carbocycles. The average molecular weight is 290 g/mol. The first-order valence-corrected chi connectivity index (χ1v) is 4.40. The zero-order valence-electron chi connectivity index (χ0n) is 8.96. The number of nitro groups is 1. The molecule has 0 radical (unpaired) electrons. The predicted octanol–water partition coefficient (Wildman–Crippen LogP) is 3.22. The topological polar surface area (TPSA) is 65.3 Å². The number of hydrogen-bond acceptors (Lipinski definition) is 4. The summed E-state index contributed by atoms with van der Waals surface area (Å²) in [6, 6.07) is 0. The van der Waals surface area contributed by atoms with Gasteiger partial charge in [-0.2, -0.15) is 13.2 Å². The van der Waals surface area contributed by atoms with Gasteiger partial charge in [-0.15, -0.1) is 13.2 Å². The molecule has 1 heterocycles. The third-order valence-electron chi connectivity index (χ3n) is 1.90. The Balaban J connectivity index is 3.60. The maximum absolute atomic E-state index is 12.6.